The summed E-state index contributed by atoms with van der Waals surface area (Å²) in [6.07, 6.45) is 10.1. The second-order valence-electron chi connectivity index (χ2n) is 51.3. The van der Waals surface area contributed by atoms with E-state index in [-0.39, 0.29) is 39.2 Å². The Kier molecular flexibility index (Phi) is 31.9. The van der Waals surface area contributed by atoms with Gasteiger partial charge in [0.15, 0.2) is 0 Å². The molecule has 0 unspecified atom stereocenters. The molecule has 20 rings (SSSR count). The molecule has 0 radical (unpaired) electrons. The van der Waals surface area contributed by atoms with Gasteiger partial charge in [0.1, 0.15) is 28.7 Å². The fourth-order valence-electron chi connectivity index (χ4n) is 22.2. The van der Waals surface area contributed by atoms with Crippen molar-refractivity contribution in [3.8, 4) is 96.7 Å². The molecule has 1 aliphatic carbocycles. The van der Waals surface area contributed by atoms with Gasteiger partial charge in [-0.2, -0.15) is 5.26 Å². The minimum atomic E-state index is -1.80. The minimum absolute atomic E-state index is 0.0493. The molecule has 0 saturated carbocycles. The number of furan rings is 1. The molecule has 0 bridgehead atoms. The summed E-state index contributed by atoms with van der Waals surface area (Å²) >= 11 is -1.80. The Hall–Kier alpha value is -11.9. The first-order valence-corrected chi connectivity index (χ1v) is 69.6. The molecule has 2 aromatic heterocycles. The van der Waals surface area contributed by atoms with Gasteiger partial charge in [-0.05, 0) is 187 Å². The molecule has 0 spiro atoms. The van der Waals surface area contributed by atoms with Gasteiger partial charge in [-0.1, -0.05) is 459 Å². The zero-order chi connectivity index (χ0) is 105. The second-order valence-corrected chi connectivity index (χ2v) is 76.2. The second kappa shape index (κ2) is 42.5. The van der Waals surface area contributed by atoms with Crippen molar-refractivity contribution in [2.24, 2.45) is 0 Å². The number of hydrogen-bond acceptors (Lipinski definition) is 4. The first kappa shape index (κ1) is 109. The predicted molar refractivity (Wildman–Crippen MR) is 644 cm³/mol. The van der Waals surface area contributed by atoms with Crippen molar-refractivity contribution in [1.29, 1.82) is 5.26 Å². The number of rotatable bonds is 5. The van der Waals surface area contributed by atoms with Gasteiger partial charge in [-0.15, -0.1) is 6.42 Å². The van der Waals surface area contributed by atoms with E-state index in [0.29, 0.717) is 16.4 Å². The number of benzene rings is 14. The topological polar surface area (TPSA) is 59.0 Å². The van der Waals surface area contributed by atoms with Crippen LogP contribution < -0.4 is 41.1 Å². The average molecular weight is 2020 g/mol. The Labute approximate surface area is 878 Å². The summed E-state index contributed by atoms with van der Waals surface area (Å²) in [5.41, 5.74) is 36.2. The molecular weight excluding hydrogens is 1860 g/mol. The van der Waals surface area contributed by atoms with Crippen LogP contribution >= 0.6 is 0 Å². The van der Waals surface area contributed by atoms with Crippen molar-refractivity contribution in [3.05, 3.63) is 383 Å². The molecular formula is C136H159BGeN2O2Si3. The summed E-state index contributed by atoms with van der Waals surface area (Å²) in [6.45, 7) is 70.5. The van der Waals surface area contributed by atoms with Crippen LogP contribution in [0.5, 0.6) is 11.5 Å². The fraction of sp³-hybridized carbons (Fsp3) is 0.324. The number of terminal acetylenes is 1. The Morgan fingerprint density at radius 2 is 0.786 bits per heavy atom. The van der Waals surface area contributed by atoms with E-state index in [9.17, 15) is 0 Å². The zero-order valence-electron chi connectivity index (χ0n) is 93.4. The number of para-hydroxylation sites is 3. The van der Waals surface area contributed by atoms with Gasteiger partial charge < -0.3 is 9.15 Å². The van der Waals surface area contributed by atoms with Crippen LogP contribution in [0.2, 0.25) is 75.2 Å². The number of nitriles is 1. The van der Waals surface area contributed by atoms with Crippen LogP contribution in [-0.4, -0.2) is 49.2 Å². The molecule has 4 nitrogen and oxygen atoms in total. The molecule has 4 aliphatic rings. The van der Waals surface area contributed by atoms with Crippen molar-refractivity contribution in [3.63, 3.8) is 0 Å². The third-order valence-electron chi connectivity index (χ3n) is 30.0. The first-order chi connectivity index (χ1) is 68.0. The minimum Gasteiger partial charge on any atom is -0.458 e. The van der Waals surface area contributed by atoms with Crippen LogP contribution in [0.3, 0.4) is 0 Å². The van der Waals surface area contributed by atoms with E-state index >= 15 is 0 Å². The third-order valence-corrected chi connectivity index (χ3v) is 44.5. The average Bonchev–Trinajstić information content (AvgIpc) is 0.893. The maximum absolute atomic E-state index is 8.79. The van der Waals surface area contributed by atoms with Crippen LogP contribution in [0.15, 0.2) is 332 Å². The van der Waals surface area contributed by atoms with Crippen molar-refractivity contribution in [2.45, 2.75) is 284 Å². The van der Waals surface area contributed by atoms with Gasteiger partial charge >= 0.3 is 116 Å². The van der Waals surface area contributed by atoms with Gasteiger partial charge in [0.05, 0.1) is 35.5 Å². The largest absolute Gasteiger partial charge is 0.458 e. The zero-order valence-corrected chi connectivity index (χ0v) is 98.5. The Balaban J connectivity index is 0.000000137. The van der Waals surface area contributed by atoms with Crippen LogP contribution in [0.1, 0.15) is 221 Å². The van der Waals surface area contributed by atoms with Crippen molar-refractivity contribution < 1.29 is 9.15 Å². The Morgan fingerprint density at radius 3 is 1.29 bits per heavy atom. The molecule has 0 amide bonds. The van der Waals surface area contributed by atoms with Gasteiger partial charge in [0.2, 0.25) is 0 Å². The molecule has 0 saturated heterocycles. The van der Waals surface area contributed by atoms with E-state index in [2.05, 4.69) is 500 Å². The number of pyridine rings is 1. The van der Waals surface area contributed by atoms with E-state index in [4.69, 9.17) is 20.8 Å². The number of aromatic nitrogens is 1. The molecule has 16 aromatic rings. The molecule has 0 N–H and O–H groups in total. The SMILES string of the molecule is C#Cc1ccccc1-c1ccccc1C(C)(C)C.CC(C)(C)c1ccc2c(c1[Si](C)(C)C)-c1ccccc1-c1ccccc1-c1ccccc1-2.CC(C)(C)c1cccc2[c]1[Ge]([CH3])([CH3])[CH2]CC2(C)C.CC(C)(C)c1cccc2c1[Si](C)(C)CCC2(C)C.CC(C)(C)c1ccccc1-c1ccccc1B1c2ccccc2Oc2ccccc21.CC(C)(C)c1ncccc1C#N.C[Si](C)(C)c1ccc2oc3ccccc3c2c1. The summed E-state index contributed by atoms with van der Waals surface area (Å²) < 4.78 is 13.9. The van der Waals surface area contributed by atoms with E-state index < -0.39 is 37.5 Å². The monoisotopic (exact) mass is 2020 g/mol. The first-order valence-electron chi connectivity index (χ1n) is 52.7. The van der Waals surface area contributed by atoms with Crippen molar-refractivity contribution in [2.75, 3.05) is 0 Å². The van der Waals surface area contributed by atoms with Gasteiger partial charge in [-0.3, -0.25) is 4.98 Å². The van der Waals surface area contributed by atoms with Crippen LogP contribution in [0.4, 0.5) is 0 Å². The summed E-state index contributed by atoms with van der Waals surface area (Å²) in [5, 5.41) is 17.6. The van der Waals surface area contributed by atoms with Crippen LogP contribution in [0, 0.1) is 23.7 Å². The molecule has 744 valence electrons. The smallest absolute Gasteiger partial charge is 0.251 e. The summed E-state index contributed by atoms with van der Waals surface area (Å²) in [5.74, 6) is 9.86. The van der Waals surface area contributed by atoms with Gasteiger partial charge in [-0.25, -0.2) is 0 Å². The fourth-order valence-corrected chi connectivity index (χ4v) is 37.5. The Bertz CT molecular complexity index is 7300. The molecule has 5 heterocycles. The van der Waals surface area contributed by atoms with Crippen molar-refractivity contribution >= 4 is 102 Å². The molecule has 9 heteroatoms. The number of ether oxygens (including phenoxy) is 1. The summed E-state index contributed by atoms with van der Waals surface area (Å²) in [4.78, 5) is 4.20. The van der Waals surface area contributed by atoms with E-state index in [0.717, 1.165) is 39.5 Å². The maximum Gasteiger partial charge on any atom is 0.251 e. The normalized spacial score (nSPS) is 14.5. The standard InChI is InChI=1S/C31H32Si.C28H25BO.C18H18.C17H28Ge.C17H28Si.C15H16OSi.C10H12N2/c1-31(2,3)28-20-19-27-25-17-10-9-15-23(25)21-13-7-8-14-22(21)24-16-11-12-18-26(24)29(27)30(28)32(4,5)6;1-28(2,3)22-14-6-4-12-20(22)21-13-5-7-15-23(21)29-24-16-8-10-18-26(24)30-27-19-11-9-17-25(27)29;1-5-14-10-6-7-11-15(14)16-12-8-9-13-17(16)18(2,3)4;2*1-16(2,3)13-9-8-10-14-15(13)18(6,7)12-11-17(14,4)5;1-17(2,3)11-8-9-15-13(10-11)12-6-4-5-7-14(12)16-15;1-10(2,3)9-8(7-11)5-4-6-12-9/h7-20H,1-6H3;4-19H,1-3H3;1,6-13H,2-4H3;2*8-10H,11-12H2,1-7H3;4-10H,1-3H3;4-6H,1-3H3. The number of hydrogen-bond donors (Lipinski definition) is 0. The van der Waals surface area contributed by atoms with Gasteiger partial charge in [0, 0.05) is 27.9 Å². The molecule has 0 atom stereocenters. The quantitative estimate of drug-likeness (QED) is 0.127. The molecule has 3 aliphatic heterocycles. The van der Waals surface area contributed by atoms with Crippen LogP contribution in [-0.2, 0) is 43.3 Å². The molecule has 14 aromatic carbocycles. The number of nitrogens with zero attached hydrogens (tertiary/aromatic N) is 2. The van der Waals surface area contributed by atoms with Gasteiger partial charge in [0.25, 0.3) is 6.71 Å². The summed E-state index contributed by atoms with van der Waals surface area (Å²) in [7, 11) is -4.19. The Morgan fingerprint density at radius 1 is 0.372 bits per heavy atom. The maximum atomic E-state index is 8.79. The number of fused-ring (bicyclic) bond motifs is 15. The van der Waals surface area contributed by atoms with E-state index in [1.807, 2.05) is 42.5 Å². The third kappa shape index (κ3) is 24.0. The van der Waals surface area contributed by atoms with Crippen molar-refractivity contribution in [1.82, 2.24) is 4.98 Å². The predicted octanol–water partition coefficient (Wildman–Crippen LogP) is 34.0. The molecule has 145 heavy (non-hydrogen) atoms. The molecule has 0 fully saturated rings. The van der Waals surface area contributed by atoms with E-state index in [1.54, 1.807) is 55.4 Å². The van der Waals surface area contributed by atoms with Crippen LogP contribution in [0.25, 0.3) is 88.7 Å². The summed E-state index contributed by atoms with van der Waals surface area (Å²) in [6, 6.07) is 119. The van der Waals surface area contributed by atoms with E-state index in [1.165, 1.54) is 134 Å².